The van der Waals surface area contributed by atoms with E-state index in [4.69, 9.17) is 9.72 Å². The molecule has 130 valence electrons. The van der Waals surface area contributed by atoms with Crippen LogP contribution < -0.4 is 0 Å². The van der Waals surface area contributed by atoms with Gasteiger partial charge < -0.3 is 9.64 Å². The van der Waals surface area contributed by atoms with Crippen molar-refractivity contribution in [3.8, 4) is 0 Å². The number of thiazole rings is 1. The average Bonchev–Trinajstić information content (AvgIpc) is 2.86. The van der Waals surface area contributed by atoms with E-state index in [9.17, 15) is 4.79 Å². The van der Waals surface area contributed by atoms with Crippen LogP contribution in [0, 0.1) is 0 Å². The van der Waals surface area contributed by atoms with Crippen LogP contribution in [0.15, 0.2) is 5.38 Å². The molecular formula is C17H29N3O2S. The third-order valence-electron chi connectivity index (χ3n) is 3.70. The zero-order valence-electron chi connectivity index (χ0n) is 15.2. The second-order valence-electron chi connectivity index (χ2n) is 8.12. The molecule has 0 saturated carbocycles. The highest BCUT2D eigenvalue weighted by Gasteiger charge is 2.26. The van der Waals surface area contributed by atoms with E-state index in [1.54, 1.807) is 16.2 Å². The Morgan fingerprint density at radius 3 is 2.26 bits per heavy atom. The topological polar surface area (TPSA) is 45.7 Å². The maximum absolute atomic E-state index is 12.1. The monoisotopic (exact) mass is 339 g/mol. The molecule has 0 N–H and O–H groups in total. The van der Waals surface area contributed by atoms with Gasteiger partial charge in [-0.1, -0.05) is 20.8 Å². The molecule has 23 heavy (non-hydrogen) atoms. The molecule has 1 aromatic rings. The molecular weight excluding hydrogens is 310 g/mol. The number of hydrogen-bond donors (Lipinski definition) is 0. The number of rotatable bonds is 2. The maximum atomic E-state index is 12.1. The Labute approximate surface area is 143 Å². The zero-order valence-corrected chi connectivity index (χ0v) is 16.0. The molecule has 1 aliphatic rings. The highest BCUT2D eigenvalue weighted by molar-refractivity contribution is 7.09. The summed E-state index contributed by atoms with van der Waals surface area (Å²) in [5, 5.41) is 3.31. The standard InChI is InChI=1S/C17H29N3O2S/c1-16(2,3)13-12-23-14(18-13)11-19-7-9-20(10-8-19)15(21)22-17(4,5)6/h12H,7-11H2,1-6H3. The molecule has 0 radical (unpaired) electrons. The molecule has 0 unspecified atom stereocenters. The molecule has 0 atom stereocenters. The van der Waals surface area contributed by atoms with Crippen LogP contribution in [0.4, 0.5) is 4.79 Å². The Morgan fingerprint density at radius 2 is 1.78 bits per heavy atom. The third kappa shape index (κ3) is 5.46. The minimum absolute atomic E-state index is 0.101. The summed E-state index contributed by atoms with van der Waals surface area (Å²) in [6, 6.07) is 0. The molecule has 2 rings (SSSR count). The van der Waals surface area contributed by atoms with Crippen molar-refractivity contribution in [3.63, 3.8) is 0 Å². The number of carbonyl (C=O) groups is 1. The van der Waals surface area contributed by atoms with E-state index in [0.717, 1.165) is 30.3 Å². The van der Waals surface area contributed by atoms with Gasteiger partial charge in [0.05, 0.1) is 12.2 Å². The van der Waals surface area contributed by atoms with Crippen molar-refractivity contribution in [2.75, 3.05) is 26.2 Å². The lowest BCUT2D eigenvalue weighted by atomic mass is 9.93. The van der Waals surface area contributed by atoms with Crippen molar-refractivity contribution >= 4 is 17.4 Å². The molecule has 1 amide bonds. The fourth-order valence-electron chi connectivity index (χ4n) is 2.33. The smallest absolute Gasteiger partial charge is 0.410 e. The number of piperazine rings is 1. The summed E-state index contributed by atoms with van der Waals surface area (Å²) < 4.78 is 5.43. The van der Waals surface area contributed by atoms with Gasteiger partial charge in [-0.2, -0.15) is 0 Å². The van der Waals surface area contributed by atoms with Gasteiger partial charge in [0.15, 0.2) is 0 Å². The molecule has 1 aromatic heterocycles. The summed E-state index contributed by atoms with van der Waals surface area (Å²) in [5.41, 5.74) is 0.827. The highest BCUT2D eigenvalue weighted by atomic mass is 32.1. The quantitative estimate of drug-likeness (QED) is 0.827. The van der Waals surface area contributed by atoms with E-state index in [-0.39, 0.29) is 11.5 Å². The van der Waals surface area contributed by atoms with Crippen molar-refractivity contribution in [2.24, 2.45) is 0 Å². The van der Waals surface area contributed by atoms with E-state index in [0.29, 0.717) is 13.1 Å². The van der Waals surface area contributed by atoms with Gasteiger partial charge in [0.2, 0.25) is 0 Å². The van der Waals surface area contributed by atoms with Crippen molar-refractivity contribution in [2.45, 2.75) is 59.1 Å². The van der Waals surface area contributed by atoms with E-state index in [1.165, 1.54) is 0 Å². The predicted molar refractivity (Wildman–Crippen MR) is 93.9 cm³/mol. The van der Waals surface area contributed by atoms with Gasteiger partial charge in [-0.3, -0.25) is 4.90 Å². The summed E-state index contributed by atoms with van der Waals surface area (Å²) in [7, 11) is 0. The first kappa shape index (κ1) is 18.2. The molecule has 0 aliphatic carbocycles. The molecule has 5 nitrogen and oxygen atoms in total. The summed E-state index contributed by atoms with van der Waals surface area (Å²) in [4.78, 5) is 21.0. The second kappa shape index (κ2) is 6.77. The maximum Gasteiger partial charge on any atom is 0.410 e. The molecule has 1 saturated heterocycles. The Morgan fingerprint density at radius 1 is 1.17 bits per heavy atom. The first-order valence-corrected chi connectivity index (χ1v) is 9.08. The Kier molecular flexibility index (Phi) is 5.36. The minimum Gasteiger partial charge on any atom is -0.444 e. The Balaban J connectivity index is 1.83. The minimum atomic E-state index is -0.432. The van der Waals surface area contributed by atoms with Gasteiger partial charge in [0.1, 0.15) is 10.6 Å². The Hall–Kier alpha value is -1.14. The van der Waals surface area contributed by atoms with E-state index < -0.39 is 5.60 Å². The summed E-state index contributed by atoms with van der Waals surface area (Å²) in [5.74, 6) is 0. The normalized spacial score (nSPS) is 17.4. The largest absolute Gasteiger partial charge is 0.444 e. The van der Waals surface area contributed by atoms with Gasteiger partial charge >= 0.3 is 6.09 Å². The average molecular weight is 340 g/mol. The second-order valence-corrected chi connectivity index (χ2v) is 9.06. The molecule has 0 aromatic carbocycles. The van der Waals surface area contributed by atoms with Crippen LogP contribution in [0.5, 0.6) is 0 Å². The number of nitrogens with zero attached hydrogens (tertiary/aromatic N) is 3. The Bertz CT molecular complexity index is 535. The van der Waals surface area contributed by atoms with Crippen molar-refractivity contribution < 1.29 is 9.53 Å². The lowest BCUT2D eigenvalue weighted by molar-refractivity contribution is 0.0139. The molecule has 1 fully saturated rings. The zero-order chi connectivity index (χ0) is 17.3. The molecule has 1 aliphatic heterocycles. The number of amides is 1. The van der Waals surface area contributed by atoms with Crippen LogP contribution in [0.3, 0.4) is 0 Å². The van der Waals surface area contributed by atoms with E-state index in [2.05, 4.69) is 31.1 Å². The number of hydrogen-bond acceptors (Lipinski definition) is 5. The van der Waals surface area contributed by atoms with Gasteiger partial charge in [-0.25, -0.2) is 9.78 Å². The predicted octanol–water partition coefficient (Wildman–Crippen LogP) is 3.49. The van der Waals surface area contributed by atoms with Crippen LogP contribution in [-0.2, 0) is 16.7 Å². The van der Waals surface area contributed by atoms with Crippen LogP contribution >= 0.6 is 11.3 Å². The number of ether oxygens (including phenoxy) is 1. The summed E-state index contributed by atoms with van der Waals surface area (Å²) in [6.07, 6.45) is -0.207. The van der Waals surface area contributed by atoms with Crippen LogP contribution in [0.1, 0.15) is 52.2 Å². The van der Waals surface area contributed by atoms with Gasteiger partial charge in [0, 0.05) is 37.0 Å². The van der Waals surface area contributed by atoms with Gasteiger partial charge in [-0.15, -0.1) is 11.3 Å². The van der Waals surface area contributed by atoms with Crippen molar-refractivity contribution in [3.05, 3.63) is 16.1 Å². The first-order chi connectivity index (χ1) is 10.5. The fraction of sp³-hybridized carbons (Fsp3) is 0.765. The first-order valence-electron chi connectivity index (χ1n) is 8.20. The number of aromatic nitrogens is 1. The molecule has 6 heteroatoms. The number of carbonyl (C=O) groups excluding carboxylic acids is 1. The summed E-state index contributed by atoms with van der Waals surface area (Å²) in [6.45, 7) is 16.3. The van der Waals surface area contributed by atoms with E-state index >= 15 is 0 Å². The SMILES string of the molecule is CC(C)(C)OC(=O)N1CCN(Cc2nc(C(C)(C)C)cs2)CC1. The molecule has 0 bridgehead atoms. The van der Waals surface area contributed by atoms with Gasteiger partial charge in [0.25, 0.3) is 0 Å². The highest BCUT2D eigenvalue weighted by Crippen LogP contribution is 2.24. The van der Waals surface area contributed by atoms with Crippen LogP contribution in [0.2, 0.25) is 0 Å². The molecule has 2 heterocycles. The third-order valence-corrected chi connectivity index (χ3v) is 4.54. The van der Waals surface area contributed by atoms with Crippen LogP contribution in [-0.4, -0.2) is 52.7 Å². The van der Waals surface area contributed by atoms with Crippen molar-refractivity contribution in [1.82, 2.24) is 14.8 Å². The van der Waals surface area contributed by atoms with Crippen LogP contribution in [0.25, 0.3) is 0 Å². The van der Waals surface area contributed by atoms with Gasteiger partial charge in [-0.05, 0) is 20.8 Å². The lowest BCUT2D eigenvalue weighted by Crippen LogP contribution is -2.49. The van der Waals surface area contributed by atoms with E-state index in [1.807, 2.05) is 20.8 Å². The summed E-state index contributed by atoms with van der Waals surface area (Å²) >= 11 is 1.73. The fourth-order valence-corrected chi connectivity index (χ4v) is 3.40. The molecule has 0 spiro atoms. The lowest BCUT2D eigenvalue weighted by Gasteiger charge is -2.35. The van der Waals surface area contributed by atoms with Crippen molar-refractivity contribution in [1.29, 1.82) is 0 Å².